The molecule has 0 radical (unpaired) electrons. The number of β-lactam (4-membered cyclic amide) rings is 1. The Hall–Kier alpha value is -2.40. The zero-order valence-electron chi connectivity index (χ0n) is 18.6. The first-order chi connectivity index (χ1) is 15.6. The van der Waals surface area contributed by atoms with Crippen molar-refractivity contribution in [3.8, 4) is 0 Å². The smallest absolute Gasteiger partial charge is 0.353 e. The van der Waals surface area contributed by atoms with Gasteiger partial charge in [0.15, 0.2) is 0 Å². The lowest BCUT2D eigenvalue weighted by atomic mass is 9.79. The maximum Gasteiger partial charge on any atom is 0.353 e. The van der Waals surface area contributed by atoms with E-state index in [1.54, 1.807) is 6.92 Å². The number of nitrogens with one attached hydrogen (secondary N) is 1. The number of carbonyl (C=O) groups excluding carboxylic acids is 2. The average molecular weight is 475 g/mol. The summed E-state index contributed by atoms with van der Waals surface area (Å²) in [6, 6.07) is 7.16. The topological polar surface area (TPSA) is 159 Å². The van der Waals surface area contributed by atoms with Crippen LogP contribution in [0.3, 0.4) is 0 Å². The van der Waals surface area contributed by atoms with Crippen LogP contribution in [0.1, 0.15) is 49.9 Å². The number of primary amides is 1. The molecule has 1 aromatic carbocycles. The number of carboxylic acid groups (broad SMARTS) is 1. The lowest BCUT2D eigenvalue weighted by Crippen LogP contribution is -2.63. The fraction of sp³-hybridized carbons (Fsp3) is 0.522. The first kappa shape index (κ1) is 23.7. The molecule has 0 spiro atoms. The third-order valence-electron chi connectivity index (χ3n) is 6.88. The van der Waals surface area contributed by atoms with Gasteiger partial charge in [0.1, 0.15) is 5.70 Å². The van der Waals surface area contributed by atoms with Gasteiger partial charge >= 0.3 is 5.97 Å². The number of fused-ring (bicyclic) bond motifs is 1. The minimum absolute atomic E-state index is 0.0654. The highest BCUT2D eigenvalue weighted by Gasteiger charge is 2.60. The molecule has 33 heavy (non-hydrogen) atoms. The molecule has 1 unspecified atom stereocenters. The molecule has 0 bridgehead atoms. The van der Waals surface area contributed by atoms with Crippen molar-refractivity contribution in [2.75, 3.05) is 6.54 Å². The first-order valence-corrected chi connectivity index (χ1v) is 12.0. The summed E-state index contributed by atoms with van der Waals surface area (Å²) in [7, 11) is 0. The summed E-state index contributed by atoms with van der Waals surface area (Å²) < 4.78 is 0. The van der Waals surface area contributed by atoms with Gasteiger partial charge in [-0.25, -0.2) is 4.79 Å². The molecule has 2 fully saturated rings. The van der Waals surface area contributed by atoms with Gasteiger partial charge in [0, 0.05) is 41.1 Å². The van der Waals surface area contributed by atoms with Crippen LogP contribution in [0.5, 0.6) is 0 Å². The lowest BCUT2D eigenvalue weighted by Gasteiger charge is -2.46. The van der Waals surface area contributed by atoms with Gasteiger partial charge in [-0.05, 0) is 24.5 Å². The highest BCUT2D eigenvalue weighted by Crippen LogP contribution is 2.52. The van der Waals surface area contributed by atoms with Gasteiger partial charge in [0.2, 0.25) is 11.8 Å². The van der Waals surface area contributed by atoms with Crippen molar-refractivity contribution in [1.82, 2.24) is 10.2 Å². The first-order valence-electron chi connectivity index (χ1n) is 11.1. The molecule has 2 amide bonds. The molecule has 3 aliphatic heterocycles. The fourth-order valence-electron chi connectivity index (χ4n) is 5.22. The number of thioether (sulfide) groups is 1. The molecule has 3 heterocycles. The van der Waals surface area contributed by atoms with Crippen LogP contribution in [0, 0.1) is 11.8 Å². The molecule has 0 saturated carbocycles. The Morgan fingerprint density at radius 2 is 1.97 bits per heavy atom. The van der Waals surface area contributed by atoms with E-state index >= 15 is 0 Å². The third kappa shape index (κ3) is 4.28. The van der Waals surface area contributed by atoms with Gasteiger partial charge in [-0.3, -0.25) is 9.59 Å². The summed E-state index contributed by atoms with van der Waals surface area (Å²) in [5.74, 6) is -2.54. The van der Waals surface area contributed by atoms with Gasteiger partial charge in [-0.15, -0.1) is 11.8 Å². The number of aliphatic hydroxyl groups is 1. The van der Waals surface area contributed by atoms with Gasteiger partial charge in [-0.1, -0.05) is 31.2 Å². The van der Waals surface area contributed by atoms with Crippen molar-refractivity contribution in [3.63, 3.8) is 0 Å². The Kier molecular flexibility index (Phi) is 6.54. The Labute approximate surface area is 196 Å². The number of carbonyl (C=O) groups is 3. The average Bonchev–Trinajstić information content (AvgIpc) is 3.30. The molecule has 7 N–H and O–H groups in total. The van der Waals surface area contributed by atoms with E-state index in [1.807, 2.05) is 31.2 Å². The highest BCUT2D eigenvalue weighted by molar-refractivity contribution is 8.03. The van der Waals surface area contributed by atoms with Crippen LogP contribution in [-0.4, -0.2) is 56.8 Å². The monoisotopic (exact) mass is 474 g/mol. The van der Waals surface area contributed by atoms with E-state index < -0.39 is 29.9 Å². The van der Waals surface area contributed by atoms with Gasteiger partial charge in [0.25, 0.3) is 0 Å². The van der Waals surface area contributed by atoms with Crippen LogP contribution in [0.2, 0.25) is 0 Å². The third-order valence-corrected chi connectivity index (χ3v) is 8.39. The molecule has 10 heteroatoms. The molecule has 3 aliphatic rings. The van der Waals surface area contributed by atoms with Crippen molar-refractivity contribution < 1.29 is 24.6 Å². The van der Waals surface area contributed by atoms with E-state index in [-0.39, 0.29) is 41.3 Å². The Balaban J connectivity index is 1.44. The molecular formula is C23H30N4O5S. The van der Waals surface area contributed by atoms with E-state index in [2.05, 4.69) is 5.32 Å². The van der Waals surface area contributed by atoms with E-state index in [9.17, 15) is 24.6 Å². The summed E-state index contributed by atoms with van der Waals surface area (Å²) in [5.41, 5.74) is 13.2. The van der Waals surface area contributed by atoms with Gasteiger partial charge in [0.05, 0.1) is 18.1 Å². The van der Waals surface area contributed by atoms with Crippen LogP contribution in [0.4, 0.5) is 0 Å². The zero-order chi connectivity index (χ0) is 24.0. The largest absolute Gasteiger partial charge is 0.477 e. The number of amides is 2. The van der Waals surface area contributed by atoms with E-state index in [1.165, 1.54) is 16.7 Å². The molecule has 2 saturated heterocycles. The maximum atomic E-state index is 12.5. The minimum atomic E-state index is -1.10. The molecule has 178 valence electrons. The van der Waals surface area contributed by atoms with Crippen molar-refractivity contribution in [1.29, 1.82) is 0 Å². The van der Waals surface area contributed by atoms with E-state index in [0.717, 1.165) is 17.5 Å². The van der Waals surface area contributed by atoms with Crippen molar-refractivity contribution in [3.05, 3.63) is 46.0 Å². The van der Waals surface area contributed by atoms with Crippen LogP contribution in [0.25, 0.3) is 0 Å². The number of aliphatic carboxylic acids is 1. The number of hydrogen-bond donors (Lipinski definition) is 5. The quantitative estimate of drug-likeness (QED) is 0.347. The van der Waals surface area contributed by atoms with E-state index in [4.69, 9.17) is 11.5 Å². The number of hydrogen-bond acceptors (Lipinski definition) is 7. The molecule has 7 atom stereocenters. The summed E-state index contributed by atoms with van der Waals surface area (Å²) in [6.45, 7) is 4.22. The number of aliphatic hydroxyl groups excluding tert-OH is 1. The predicted octanol–water partition coefficient (Wildman–Crippen LogP) is 0.852. The summed E-state index contributed by atoms with van der Waals surface area (Å²) in [4.78, 5) is 37.7. The van der Waals surface area contributed by atoms with Crippen LogP contribution >= 0.6 is 11.8 Å². The summed E-state index contributed by atoms with van der Waals surface area (Å²) >= 11 is 1.53. The van der Waals surface area contributed by atoms with Crippen molar-refractivity contribution in [2.45, 2.75) is 56.2 Å². The van der Waals surface area contributed by atoms with Crippen LogP contribution in [-0.2, 0) is 14.4 Å². The van der Waals surface area contributed by atoms with Crippen LogP contribution < -0.4 is 16.8 Å². The van der Waals surface area contributed by atoms with Gasteiger partial charge < -0.3 is 31.9 Å². The molecule has 0 aromatic heterocycles. The Morgan fingerprint density at radius 3 is 2.55 bits per heavy atom. The maximum absolute atomic E-state index is 12.5. The molecular weight excluding hydrogens is 444 g/mol. The minimum Gasteiger partial charge on any atom is -0.477 e. The van der Waals surface area contributed by atoms with Crippen LogP contribution in [0.15, 0.2) is 34.9 Å². The predicted molar refractivity (Wildman–Crippen MR) is 124 cm³/mol. The van der Waals surface area contributed by atoms with Gasteiger partial charge in [-0.2, -0.15) is 0 Å². The molecule has 0 aliphatic carbocycles. The second kappa shape index (κ2) is 9.09. The van der Waals surface area contributed by atoms with Crippen molar-refractivity contribution in [2.24, 2.45) is 23.3 Å². The highest BCUT2D eigenvalue weighted by atomic mass is 32.2. The number of benzene rings is 1. The zero-order valence-corrected chi connectivity index (χ0v) is 19.4. The molecule has 9 nitrogen and oxygen atoms in total. The second-order valence-corrected chi connectivity index (χ2v) is 10.5. The summed E-state index contributed by atoms with van der Waals surface area (Å²) in [5, 5.41) is 23.5. The SMILES string of the molecule is C[C@H]1C(S[C@@H]2CN[C@@H](c3ccc([C@@H](N)CC(N)=O)cc3)C2)=C(C(=O)O)N2C(=O)[C@H]([C@@H](C)O)C12. The lowest BCUT2D eigenvalue weighted by molar-refractivity contribution is -0.163. The number of nitrogens with two attached hydrogens (primary N) is 2. The molecule has 4 rings (SSSR count). The Morgan fingerprint density at radius 1 is 1.30 bits per heavy atom. The number of carboxylic acids is 1. The second-order valence-electron chi connectivity index (χ2n) is 9.15. The number of rotatable bonds is 8. The fourth-order valence-corrected chi connectivity index (χ4v) is 6.69. The Bertz CT molecular complexity index is 995. The normalized spacial score (nSPS) is 30.7. The van der Waals surface area contributed by atoms with E-state index in [0.29, 0.717) is 11.4 Å². The summed E-state index contributed by atoms with van der Waals surface area (Å²) in [6.07, 6.45) is 0.0890. The number of nitrogens with zero attached hydrogens (tertiary/aromatic N) is 1. The van der Waals surface area contributed by atoms with Crippen molar-refractivity contribution >= 4 is 29.5 Å². The standard InChI is InChI=1S/C23H30N4O5S/c1-10-19-18(11(2)28)22(30)27(19)20(23(31)32)21(10)33-14-7-16(26-9-14)13-5-3-12(4-6-13)15(24)8-17(25)29/h3-6,10-11,14-16,18-19,26,28H,7-9,24H2,1-2H3,(H2,25,29)(H,31,32)/t10-,11-,14+,15+,16-,18-,19?/m1/s1. The molecule has 1 aromatic rings.